The van der Waals surface area contributed by atoms with Crippen molar-refractivity contribution in [3.8, 4) is 0 Å². The zero-order valence-corrected chi connectivity index (χ0v) is 25.0. The maximum atomic E-state index is 2.46. The Bertz CT molecular complexity index is 1280. The molecule has 0 spiro atoms. The average Bonchev–Trinajstić information content (AvgIpc) is 3.19. The van der Waals surface area contributed by atoms with Crippen molar-refractivity contribution < 1.29 is 0 Å². The van der Waals surface area contributed by atoms with E-state index in [9.17, 15) is 0 Å². The fourth-order valence-electron chi connectivity index (χ4n) is 7.76. The zero-order chi connectivity index (χ0) is 25.5. The second-order valence-electron chi connectivity index (χ2n) is 11.6. The first-order valence-corrected chi connectivity index (χ1v) is 16.7. The SMILES string of the molecule is Cc1c(C)c(C)p(C[C@H]2C3c4ccccc4C(c4ccccc43)[C@@H]2Cp2c(C)c(C)c(C)c2C)c1C. The molecule has 0 fully saturated rings. The van der Waals surface area contributed by atoms with Gasteiger partial charge in [0.1, 0.15) is 0 Å². The molecule has 2 heteroatoms. The minimum absolute atomic E-state index is 0.201. The molecule has 2 heterocycles. The van der Waals surface area contributed by atoms with E-state index in [1.165, 1.54) is 12.3 Å². The molecule has 0 amide bonds. The molecule has 0 radical (unpaired) electrons. The first-order valence-electron chi connectivity index (χ1n) is 13.7. The second-order valence-corrected chi connectivity index (χ2v) is 16.7. The van der Waals surface area contributed by atoms with E-state index in [0.29, 0.717) is 23.7 Å². The van der Waals surface area contributed by atoms with Gasteiger partial charge in [0.15, 0.2) is 0 Å². The summed E-state index contributed by atoms with van der Waals surface area (Å²) in [6.45, 7) is 19.2. The number of hydrogen-bond donors (Lipinski definition) is 0. The van der Waals surface area contributed by atoms with E-state index in [1.54, 1.807) is 65.7 Å². The average molecular weight is 511 g/mol. The summed E-state index contributed by atoms with van der Waals surface area (Å²) >= 11 is 0. The van der Waals surface area contributed by atoms with Gasteiger partial charge in [0.2, 0.25) is 0 Å². The van der Waals surface area contributed by atoms with E-state index in [-0.39, 0.29) is 15.1 Å². The van der Waals surface area contributed by atoms with Crippen molar-refractivity contribution in [3.63, 3.8) is 0 Å². The lowest BCUT2D eigenvalue weighted by atomic mass is 9.55. The van der Waals surface area contributed by atoms with E-state index in [2.05, 4.69) is 104 Å². The van der Waals surface area contributed by atoms with Gasteiger partial charge in [-0.05, 0) is 145 Å². The minimum atomic E-state index is -0.201. The Morgan fingerprint density at radius 2 is 0.694 bits per heavy atom. The summed E-state index contributed by atoms with van der Waals surface area (Å²) in [6, 6.07) is 19.0. The van der Waals surface area contributed by atoms with Crippen molar-refractivity contribution in [2.75, 3.05) is 0 Å². The Kier molecular flexibility index (Phi) is 5.94. The van der Waals surface area contributed by atoms with Crippen LogP contribution in [0.15, 0.2) is 48.5 Å². The van der Waals surface area contributed by atoms with Crippen LogP contribution in [0.2, 0.25) is 0 Å². The quantitative estimate of drug-likeness (QED) is 0.256. The topological polar surface area (TPSA) is 0 Å². The van der Waals surface area contributed by atoms with Crippen LogP contribution in [0.5, 0.6) is 0 Å². The van der Waals surface area contributed by atoms with Crippen molar-refractivity contribution in [1.82, 2.24) is 0 Å². The monoisotopic (exact) mass is 510 g/mol. The highest BCUT2D eigenvalue weighted by Gasteiger charge is 2.49. The van der Waals surface area contributed by atoms with Gasteiger partial charge in [0.25, 0.3) is 0 Å². The van der Waals surface area contributed by atoms with Crippen LogP contribution < -0.4 is 0 Å². The standard InChI is InChI=1S/C34H40P2/c1-19-20(2)24(6)35(23(19)5)17-31-32(18-36-25(7)21(3)22(4)26(36)8)34-29-15-11-9-13-27(29)33(31)28-14-10-12-16-30(28)34/h9-16,31-34H,17-18H2,1-8H3/t31-,32-,33?,34?/m1/s1. The van der Waals surface area contributed by atoms with Crippen molar-refractivity contribution in [1.29, 1.82) is 0 Å². The molecular formula is C34H40P2. The van der Waals surface area contributed by atoms with Crippen LogP contribution in [0.1, 0.15) is 77.5 Å². The van der Waals surface area contributed by atoms with Gasteiger partial charge in [-0.2, -0.15) is 0 Å². The van der Waals surface area contributed by atoms with Gasteiger partial charge >= 0.3 is 0 Å². The third kappa shape index (κ3) is 3.34. The van der Waals surface area contributed by atoms with Crippen LogP contribution in [0.25, 0.3) is 0 Å². The van der Waals surface area contributed by atoms with E-state index >= 15 is 0 Å². The van der Waals surface area contributed by atoms with E-state index in [0.717, 1.165) is 0 Å². The maximum Gasteiger partial charge on any atom is 0.0133 e. The third-order valence-corrected chi connectivity index (χ3v) is 16.6. The fraction of sp³-hybridized carbons (Fsp3) is 0.412. The number of fused-ring (bicyclic) bond motifs is 1. The smallest absolute Gasteiger partial charge is 0.0133 e. The molecule has 186 valence electrons. The maximum absolute atomic E-state index is 2.46. The first kappa shape index (κ1) is 24.3. The predicted octanol–water partition coefficient (Wildman–Crippen LogP) is 10.4. The Balaban J connectivity index is 1.56. The van der Waals surface area contributed by atoms with Gasteiger partial charge in [-0.15, -0.1) is 15.1 Å². The summed E-state index contributed by atoms with van der Waals surface area (Å²) in [4.78, 5) is 0. The predicted molar refractivity (Wildman–Crippen MR) is 160 cm³/mol. The van der Waals surface area contributed by atoms with Gasteiger partial charge in [-0.25, -0.2) is 0 Å². The summed E-state index contributed by atoms with van der Waals surface area (Å²) in [6.07, 6.45) is 2.70. The number of rotatable bonds is 4. The van der Waals surface area contributed by atoms with E-state index in [4.69, 9.17) is 0 Å². The summed E-state index contributed by atoms with van der Waals surface area (Å²) in [5.74, 6) is 2.48. The largest absolute Gasteiger partial charge is 0.118 e. The molecule has 2 aromatic heterocycles. The van der Waals surface area contributed by atoms with Crippen LogP contribution >= 0.6 is 15.1 Å². The Morgan fingerprint density at radius 1 is 0.444 bits per heavy atom. The molecule has 0 saturated heterocycles. The lowest BCUT2D eigenvalue weighted by Crippen LogP contribution is -2.40. The fourth-order valence-corrected chi connectivity index (χ4v) is 14.0. The summed E-state index contributed by atoms with van der Waals surface area (Å²) in [5, 5.41) is 6.75. The van der Waals surface area contributed by atoms with E-state index in [1.807, 2.05) is 0 Å². The molecule has 0 nitrogen and oxygen atoms in total. The van der Waals surface area contributed by atoms with Gasteiger partial charge < -0.3 is 0 Å². The van der Waals surface area contributed by atoms with Crippen molar-refractivity contribution in [2.45, 2.75) is 79.5 Å². The van der Waals surface area contributed by atoms with Crippen molar-refractivity contribution in [2.24, 2.45) is 11.8 Å². The molecule has 7 rings (SSSR count). The molecule has 36 heavy (non-hydrogen) atoms. The zero-order valence-electron chi connectivity index (χ0n) is 23.2. The Morgan fingerprint density at radius 3 is 0.944 bits per heavy atom. The molecule has 4 aromatic rings. The molecule has 0 unspecified atom stereocenters. The van der Waals surface area contributed by atoms with Crippen LogP contribution in [0.4, 0.5) is 0 Å². The Labute approximate surface area is 220 Å². The van der Waals surface area contributed by atoms with Gasteiger partial charge in [0.05, 0.1) is 0 Å². The van der Waals surface area contributed by atoms with Crippen LogP contribution in [0.3, 0.4) is 0 Å². The number of hydrogen-bond acceptors (Lipinski definition) is 0. The van der Waals surface area contributed by atoms with Crippen molar-refractivity contribution in [3.05, 3.63) is 114 Å². The van der Waals surface area contributed by atoms with Gasteiger partial charge in [-0.3, -0.25) is 0 Å². The normalized spacial score (nSPS) is 22.1. The summed E-state index contributed by atoms with van der Waals surface area (Å²) in [7, 11) is -0.403. The highest BCUT2D eigenvalue weighted by molar-refractivity contribution is 7.51. The number of benzene rings is 2. The van der Waals surface area contributed by atoms with Crippen LogP contribution in [-0.4, -0.2) is 0 Å². The molecule has 2 atom stereocenters. The molecule has 0 aliphatic heterocycles. The summed E-state index contributed by atoms with van der Waals surface area (Å²) in [5.41, 5.74) is 12.8. The lowest BCUT2D eigenvalue weighted by Gasteiger charge is -2.51. The molecular weight excluding hydrogens is 470 g/mol. The summed E-state index contributed by atoms with van der Waals surface area (Å²) < 4.78 is 0. The first-order chi connectivity index (χ1) is 17.2. The molecule has 0 N–H and O–H groups in total. The van der Waals surface area contributed by atoms with Crippen LogP contribution in [0, 0.1) is 67.2 Å². The highest BCUT2D eigenvalue weighted by atomic mass is 31.1. The van der Waals surface area contributed by atoms with Crippen molar-refractivity contribution >= 4 is 15.1 Å². The van der Waals surface area contributed by atoms with Gasteiger partial charge in [0, 0.05) is 11.8 Å². The molecule has 2 aromatic carbocycles. The van der Waals surface area contributed by atoms with Crippen LogP contribution in [-0.2, 0) is 12.3 Å². The van der Waals surface area contributed by atoms with Gasteiger partial charge in [-0.1, -0.05) is 48.5 Å². The minimum Gasteiger partial charge on any atom is -0.118 e. The lowest BCUT2D eigenvalue weighted by molar-refractivity contribution is 0.251. The third-order valence-electron chi connectivity index (χ3n) is 10.4. The Hall–Kier alpha value is -2.00. The molecule has 2 bridgehead atoms. The molecule has 0 saturated carbocycles. The molecule has 3 aliphatic carbocycles. The second kappa shape index (κ2) is 8.79. The van der Waals surface area contributed by atoms with E-state index < -0.39 is 0 Å². The highest BCUT2D eigenvalue weighted by Crippen LogP contribution is 2.64. The molecule has 3 aliphatic rings.